The Bertz CT molecular complexity index is 799. The van der Waals surface area contributed by atoms with Crippen LogP contribution in [-0.2, 0) is 25.5 Å². The van der Waals surface area contributed by atoms with Crippen molar-refractivity contribution in [2.75, 3.05) is 46.9 Å². The maximum atomic E-state index is 13.4. The molecule has 1 saturated heterocycles. The molecule has 1 heterocycles. The molecule has 1 aliphatic rings. The van der Waals surface area contributed by atoms with Crippen molar-refractivity contribution in [2.45, 2.75) is 64.1 Å². The van der Waals surface area contributed by atoms with E-state index in [1.165, 1.54) is 0 Å². The number of nitrogens with zero attached hydrogens (tertiary/aromatic N) is 1. The van der Waals surface area contributed by atoms with Gasteiger partial charge in [-0.25, -0.2) is 0 Å². The van der Waals surface area contributed by atoms with Crippen LogP contribution in [-0.4, -0.2) is 87.7 Å². The van der Waals surface area contributed by atoms with E-state index in [4.69, 9.17) is 4.74 Å². The average Bonchev–Trinajstić information content (AvgIpc) is 2.88. The monoisotopic (exact) mass is 503 g/mol. The Morgan fingerprint density at radius 3 is 2.17 bits per heavy atom. The van der Waals surface area contributed by atoms with Gasteiger partial charge in [0.25, 0.3) is 0 Å². The van der Waals surface area contributed by atoms with Gasteiger partial charge >= 0.3 is 0 Å². The highest BCUT2D eigenvalue weighted by Crippen LogP contribution is 2.11. The van der Waals surface area contributed by atoms with Crippen LogP contribution in [0.3, 0.4) is 0 Å². The van der Waals surface area contributed by atoms with Gasteiger partial charge in [-0.05, 0) is 64.2 Å². The predicted octanol–water partition coefficient (Wildman–Crippen LogP) is 1.08. The summed E-state index contributed by atoms with van der Waals surface area (Å²) in [7, 11) is 3.64. The average molecular weight is 504 g/mol. The molecule has 9 nitrogen and oxygen atoms in total. The minimum absolute atomic E-state index is 0.0806. The second-order valence-electron chi connectivity index (χ2n) is 9.82. The summed E-state index contributed by atoms with van der Waals surface area (Å²) in [5, 5.41) is 12.1. The summed E-state index contributed by atoms with van der Waals surface area (Å²) in [6.45, 7) is 6.94. The van der Waals surface area contributed by atoms with Crippen LogP contribution in [0.2, 0.25) is 0 Å². The van der Waals surface area contributed by atoms with Crippen LogP contribution in [0.5, 0.6) is 0 Å². The van der Waals surface area contributed by atoms with E-state index in [-0.39, 0.29) is 23.6 Å². The molecule has 0 radical (unpaired) electrons. The molecule has 0 aliphatic carbocycles. The molecule has 202 valence electrons. The first-order valence-corrected chi connectivity index (χ1v) is 13.2. The minimum atomic E-state index is -0.721. The van der Waals surface area contributed by atoms with Gasteiger partial charge in [0.15, 0.2) is 0 Å². The fourth-order valence-electron chi connectivity index (χ4n) is 4.33. The molecule has 1 aromatic rings. The molecule has 1 aliphatic heterocycles. The molecular weight excluding hydrogens is 458 g/mol. The lowest BCUT2D eigenvalue weighted by molar-refractivity contribution is -0.140. The quantitative estimate of drug-likeness (QED) is 0.267. The molecule has 2 rings (SSSR count). The van der Waals surface area contributed by atoms with E-state index in [9.17, 15) is 14.4 Å². The SMILES string of the molecule is CNCCCCC(NC(=O)[C@@H](CC(C)C)NC(=O)C(Cc1ccccc1)NC)C(=O)N1CCOCC1. The third kappa shape index (κ3) is 10.2. The molecular formula is C27H45N5O4. The van der Waals surface area contributed by atoms with Crippen molar-refractivity contribution in [3.05, 3.63) is 35.9 Å². The number of carbonyl (C=O) groups excluding carboxylic acids is 3. The van der Waals surface area contributed by atoms with Crippen LogP contribution in [0.1, 0.15) is 45.1 Å². The largest absolute Gasteiger partial charge is 0.378 e. The molecule has 0 aromatic heterocycles. The molecule has 36 heavy (non-hydrogen) atoms. The Kier molecular flexibility index (Phi) is 13.5. The Morgan fingerprint density at radius 2 is 1.56 bits per heavy atom. The molecule has 3 atom stereocenters. The van der Waals surface area contributed by atoms with Crippen molar-refractivity contribution in [1.82, 2.24) is 26.2 Å². The van der Waals surface area contributed by atoms with Crippen molar-refractivity contribution in [1.29, 1.82) is 0 Å². The molecule has 0 saturated carbocycles. The number of likely N-dealkylation sites (N-methyl/N-ethyl adjacent to an activating group) is 1. The minimum Gasteiger partial charge on any atom is -0.378 e. The number of rotatable bonds is 15. The fourth-order valence-corrected chi connectivity index (χ4v) is 4.33. The smallest absolute Gasteiger partial charge is 0.245 e. The molecule has 2 unspecified atom stereocenters. The number of unbranched alkanes of at least 4 members (excludes halogenated alkanes) is 1. The topological polar surface area (TPSA) is 112 Å². The van der Waals surface area contributed by atoms with Gasteiger partial charge in [-0.3, -0.25) is 14.4 Å². The molecule has 9 heteroatoms. The molecule has 1 aromatic carbocycles. The molecule has 0 spiro atoms. The van der Waals surface area contributed by atoms with E-state index < -0.39 is 18.1 Å². The molecule has 3 amide bonds. The summed E-state index contributed by atoms with van der Waals surface area (Å²) in [6.07, 6.45) is 3.27. The van der Waals surface area contributed by atoms with Gasteiger partial charge in [-0.2, -0.15) is 0 Å². The number of ether oxygens (including phenoxy) is 1. The van der Waals surface area contributed by atoms with Gasteiger partial charge < -0.3 is 30.9 Å². The highest BCUT2D eigenvalue weighted by Gasteiger charge is 2.31. The lowest BCUT2D eigenvalue weighted by Gasteiger charge is -2.32. The zero-order chi connectivity index (χ0) is 26.3. The second kappa shape index (κ2) is 16.3. The zero-order valence-electron chi connectivity index (χ0n) is 22.3. The van der Waals surface area contributed by atoms with Gasteiger partial charge in [0.1, 0.15) is 12.1 Å². The Labute approximate surface area is 216 Å². The van der Waals surface area contributed by atoms with Gasteiger partial charge in [0.05, 0.1) is 19.3 Å². The number of hydrogen-bond donors (Lipinski definition) is 4. The summed E-state index contributed by atoms with van der Waals surface area (Å²) in [6, 6.07) is 7.97. The van der Waals surface area contributed by atoms with Crippen LogP contribution >= 0.6 is 0 Å². The van der Waals surface area contributed by atoms with E-state index in [0.717, 1.165) is 24.9 Å². The molecule has 1 fully saturated rings. The number of nitrogens with one attached hydrogen (secondary N) is 4. The first-order chi connectivity index (χ1) is 17.3. The number of hydrogen-bond acceptors (Lipinski definition) is 6. The normalized spacial score (nSPS) is 16.3. The second-order valence-corrected chi connectivity index (χ2v) is 9.82. The number of carbonyl (C=O) groups is 3. The van der Waals surface area contributed by atoms with Crippen molar-refractivity contribution in [3.63, 3.8) is 0 Å². The summed E-state index contributed by atoms with van der Waals surface area (Å²) < 4.78 is 5.38. The summed E-state index contributed by atoms with van der Waals surface area (Å²) in [4.78, 5) is 41.6. The van der Waals surface area contributed by atoms with E-state index >= 15 is 0 Å². The Hall–Kier alpha value is -2.49. The standard InChI is InChI=1S/C27H45N5O4/c1-20(2)18-24(31-25(33)23(29-4)19-21-10-6-5-7-11-21)26(34)30-22(12-8-9-13-28-3)27(35)32-14-16-36-17-15-32/h5-7,10-11,20,22-24,28-29H,8-9,12-19H2,1-4H3,(H,30,34)(H,31,33)/t22?,23?,24-/m1/s1. The number of benzene rings is 1. The first-order valence-electron chi connectivity index (χ1n) is 13.2. The zero-order valence-corrected chi connectivity index (χ0v) is 22.3. The maximum Gasteiger partial charge on any atom is 0.245 e. The van der Waals surface area contributed by atoms with Gasteiger partial charge in [0.2, 0.25) is 17.7 Å². The summed E-state index contributed by atoms with van der Waals surface area (Å²) in [5.74, 6) is -0.436. The van der Waals surface area contributed by atoms with E-state index in [1.807, 2.05) is 51.2 Å². The Balaban J connectivity index is 2.09. The Morgan fingerprint density at radius 1 is 0.917 bits per heavy atom. The van der Waals surface area contributed by atoms with Crippen LogP contribution in [0.25, 0.3) is 0 Å². The number of morpholine rings is 1. The van der Waals surface area contributed by atoms with E-state index in [0.29, 0.717) is 45.6 Å². The van der Waals surface area contributed by atoms with Gasteiger partial charge in [-0.15, -0.1) is 0 Å². The first kappa shape index (κ1) is 29.7. The highest BCUT2D eigenvalue weighted by molar-refractivity contribution is 5.93. The maximum absolute atomic E-state index is 13.4. The molecule has 4 N–H and O–H groups in total. The third-order valence-corrected chi connectivity index (χ3v) is 6.39. The van der Waals surface area contributed by atoms with E-state index in [1.54, 1.807) is 11.9 Å². The van der Waals surface area contributed by atoms with E-state index in [2.05, 4.69) is 21.3 Å². The summed E-state index contributed by atoms with van der Waals surface area (Å²) >= 11 is 0. The van der Waals surface area contributed by atoms with Gasteiger partial charge in [-0.1, -0.05) is 44.2 Å². The van der Waals surface area contributed by atoms with Crippen molar-refractivity contribution >= 4 is 17.7 Å². The third-order valence-electron chi connectivity index (χ3n) is 6.39. The lowest BCUT2D eigenvalue weighted by Crippen LogP contribution is -2.57. The van der Waals surface area contributed by atoms with Crippen molar-refractivity contribution in [3.8, 4) is 0 Å². The molecule has 0 bridgehead atoms. The fraction of sp³-hybridized carbons (Fsp3) is 0.667. The predicted molar refractivity (Wildman–Crippen MR) is 141 cm³/mol. The highest BCUT2D eigenvalue weighted by atomic mass is 16.5. The number of amides is 3. The summed E-state index contributed by atoms with van der Waals surface area (Å²) in [5.41, 5.74) is 1.04. The van der Waals surface area contributed by atoms with Crippen LogP contribution < -0.4 is 21.3 Å². The van der Waals surface area contributed by atoms with Gasteiger partial charge in [0, 0.05) is 13.1 Å². The van der Waals surface area contributed by atoms with Crippen molar-refractivity contribution in [2.24, 2.45) is 5.92 Å². The van der Waals surface area contributed by atoms with Crippen LogP contribution in [0.4, 0.5) is 0 Å². The lowest BCUT2D eigenvalue weighted by atomic mass is 10.00. The van der Waals surface area contributed by atoms with Crippen LogP contribution in [0.15, 0.2) is 30.3 Å². The van der Waals surface area contributed by atoms with Crippen molar-refractivity contribution < 1.29 is 19.1 Å². The van der Waals surface area contributed by atoms with Crippen LogP contribution in [0, 0.1) is 5.92 Å².